The smallest absolute Gasteiger partial charge is 0.0541 e. The van der Waals surface area contributed by atoms with Crippen molar-refractivity contribution >= 4 is 11.6 Å². The summed E-state index contributed by atoms with van der Waals surface area (Å²) < 4.78 is 0. The number of benzene rings is 1. The van der Waals surface area contributed by atoms with Crippen LogP contribution in [0.4, 0.5) is 0 Å². The number of pyridine rings is 1. The molecule has 0 amide bonds. The van der Waals surface area contributed by atoms with Crippen LogP contribution >= 0.6 is 11.6 Å². The van der Waals surface area contributed by atoms with Gasteiger partial charge in [-0.15, -0.1) is 11.6 Å². The number of aromatic nitrogens is 1. The molecular formula is C15H17ClN2. The van der Waals surface area contributed by atoms with Crippen LogP contribution in [0.25, 0.3) is 0 Å². The molecule has 0 fully saturated rings. The molecule has 0 bridgehead atoms. The van der Waals surface area contributed by atoms with E-state index in [-0.39, 0.29) is 6.04 Å². The Balaban J connectivity index is 1.86. The normalized spacial score (nSPS) is 12.3. The van der Waals surface area contributed by atoms with Crippen LogP contribution in [0.1, 0.15) is 11.3 Å². The Morgan fingerprint density at radius 2 is 1.83 bits per heavy atom. The van der Waals surface area contributed by atoms with Crippen LogP contribution in [-0.2, 0) is 13.0 Å². The lowest BCUT2D eigenvalue weighted by atomic mass is 10.1. The fraction of sp³-hybridized carbons (Fsp3) is 0.267. The van der Waals surface area contributed by atoms with Crippen molar-refractivity contribution in [3.63, 3.8) is 0 Å². The Labute approximate surface area is 113 Å². The molecule has 0 spiro atoms. The van der Waals surface area contributed by atoms with Crippen molar-refractivity contribution in [2.75, 3.05) is 5.88 Å². The van der Waals surface area contributed by atoms with Gasteiger partial charge in [0.1, 0.15) is 0 Å². The molecule has 2 nitrogen and oxygen atoms in total. The highest BCUT2D eigenvalue weighted by Crippen LogP contribution is 2.05. The molecule has 0 aliphatic rings. The van der Waals surface area contributed by atoms with Crippen molar-refractivity contribution in [1.82, 2.24) is 10.3 Å². The van der Waals surface area contributed by atoms with Crippen molar-refractivity contribution in [1.29, 1.82) is 0 Å². The molecule has 0 saturated heterocycles. The van der Waals surface area contributed by atoms with Crippen LogP contribution in [0.5, 0.6) is 0 Å². The van der Waals surface area contributed by atoms with Crippen LogP contribution in [0, 0.1) is 0 Å². The first kappa shape index (κ1) is 13.1. The van der Waals surface area contributed by atoms with E-state index in [0.717, 1.165) is 18.7 Å². The Morgan fingerprint density at radius 1 is 1.06 bits per heavy atom. The molecule has 1 aromatic carbocycles. The van der Waals surface area contributed by atoms with E-state index >= 15 is 0 Å². The van der Waals surface area contributed by atoms with E-state index < -0.39 is 0 Å². The van der Waals surface area contributed by atoms with E-state index in [1.165, 1.54) is 5.56 Å². The number of alkyl halides is 1. The van der Waals surface area contributed by atoms with E-state index in [9.17, 15) is 0 Å². The number of hydrogen-bond acceptors (Lipinski definition) is 2. The van der Waals surface area contributed by atoms with Gasteiger partial charge in [-0.2, -0.15) is 0 Å². The van der Waals surface area contributed by atoms with Gasteiger partial charge >= 0.3 is 0 Å². The standard InChI is InChI=1S/C15H17ClN2/c16-11-15(10-13-6-2-1-3-7-13)18-12-14-8-4-5-9-17-14/h1-9,15,18H,10-12H2. The van der Waals surface area contributed by atoms with Crippen molar-refractivity contribution in [3.8, 4) is 0 Å². The highest BCUT2D eigenvalue weighted by atomic mass is 35.5. The van der Waals surface area contributed by atoms with Gasteiger partial charge in [-0.05, 0) is 24.1 Å². The third-order valence-corrected chi connectivity index (χ3v) is 3.18. The quantitative estimate of drug-likeness (QED) is 0.808. The molecule has 94 valence electrons. The second-order valence-corrected chi connectivity index (χ2v) is 4.55. The zero-order valence-electron chi connectivity index (χ0n) is 10.2. The van der Waals surface area contributed by atoms with Gasteiger partial charge in [-0.1, -0.05) is 36.4 Å². The zero-order valence-corrected chi connectivity index (χ0v) is 11.0. The minimum Gasteiger partial charge on any atom is -0.307 e. The fourth-order valence-corrected chi connectivity index (χ4v) is 2.05. The second kappa shape index (κ2) is 7.14. The van der Waals surface area contributed by atoms with Crippen LogP contribution in [0.3, 0.4) is 0 Å². The molecule has 0 aliphatic carbocycles. The van der Waals surface area contributed by atoms with E-state index in [1.54, 1.807) is 0 Å². The van der Waals surface area contributed by atoms with Crippen LogP contribution in [0.15, 0.2) is 54.7 Å². The van der Waals surface area contributed by atoms with Crippen molar-refractivity contribution in [2.24, 2.45) is 0 Å². The van der Waals surface area contributed by atoms with Crippen LogP contribution in [-0.4, -0.2) is 16.9 Å². The zero-order chi connectivity index (χ0) is 12.6. The summed E-state index contributed by atoms with van der Waals surface area (Å²) in [6, 6.07) is 16.6. The molecule has 1 aromatic heterocycles. The Bertz CT molecular complexity index is 445. The maximum Gasteiger partial charge on any atom is 0.0541 e. The highest BCUT2D eigenvalue weighted by Gasteiger charge is 2.07. The van der Waals surface area contributed by atoms with E-state index in [0.29, 0.717) is 5.88 Å². The monoisotopic (exact) mass is 260 g/mol. The van der Waals surface area contributed by atoms with Gasteiger partial charge in [0.15, 0.2) is 0 Å². The molecule has 1 atom stereocenters. The summed E-state index contributed by atoms with van der Waals surface area (Å²) in [7, 11) is 0. The fourth-order valence-electron chi connectivity index (χ4n) is 1.83. The first-order chi connectivity index (χ1) is 8.88. The third kappa shape index (κ3) is 4.13. The number of hydrogen-bond donors (Lipinski definition) is 1. The summed E-state index contributed by atoms with van der Waals surface area (Å²) in [5.41, 5.74) is 2.34. The van der Waals surface area contributed by atoms with Gasteiger partial charge in [0, 0.05) is 24.7 Å². The van der Waals surface area contributed by atoms with Crippen molar-refractivity contribution < 1.29 is 0 Å². The molecule has 0 saturated carbocycles. The molecule has 18 heavy (non-hydrogen) atoms. The summed E-state index contributed by atoms with van der Waals surface area (Å²) in [6.45, 7) is 0.755. The third-order valence-electron chi connectivity index (χ3n) is 2.81. The maximum atomic E-state index is 6.00. The van der Waals surface area contributed by atoms with E-state index in [4.69, 9.17) is 11.6 Å². The summed E-state index contributed by atoms with van der Waals surface area (Å²) in [5, 5.41) is 3.44. The van der Waals surface area contributed by atoms with Gasteiger partial charge in [-0.25, -0.2) is 0 Å². The van der Waals surface area contributed by atoms with Gasteiger partial charge in [0.2, 0.25) is 0 Å². The number of nitrogens with zero attached hydrogens (tertiary/aromatic N) is 1. The number of halogens is 1. The summed E-state index contributed by atoms with van der Waals surface area (Å²) in [5.74, 6) is 0.599. The predicted molar refractivity (Wildman–Crippen MR) is 75.7 cm³/mol. The molecule has 0 radical (unpaired) electrons. The number of nitrogens with one attached hydrogen (secondary N) is 1. The Hall–Kier alpha value is -1.38. The van der Waals surface area contributed by atoms with Crippen molar-refractivity contribution in [3.05, 3.63) is 66.0 Å². The predicted octanol–water partition coefficient (Wildman–Crippen LogP) is 3.02. The molecular weight excluding hydrogens is 244 g/mol. The second-order valence-electron chi connectivity index (χ2n) is 4.24. The van der Waals surface area contributed by atoms with Crippen LogP contribution < -0.4 is 5.32 Å². The maximum absolute atomic E-state index is 6.00. The molecule has 2 rings (SSSR count). The molecule has 3 heteroatoms. The lowest BCUT2D eigenvalue weighted by molar-refractivity contribution is 0.544. The minimum absolute atomic E-state index is 0.274. The minimum atomic E-state index is 0.274. The average molecular weight is 261 g/mol. The average Bonchev–Trinajstić information content (AvgIpc) is 2.45. The lowest BCUT2D eigenvalue weighted by Crippen LogP contribution is -2.32. The molecule has 1 unspecified atom stereocenters. The van der Waals surface area contributed by atoms with Crippen molar-refractivity contribution in [2.45, 2.75) is 19.0 Å². The summed E-state index contributed by atoms with van der Waals surface area (Å²) >= 11 is 6.00. The molecule has 2 aromatic rings. The molecule has 1 heterocycles. The van der Waals surface area contributed by atoms with Gasteiger partial charge in [0.25, 0.3) is 0 Å². The first-order valence-electron chi connectivity index (χ1n) is 6.11. The molecule has 1 N–H and O–H groups in total. The Morgan fingerprint density at radius 3 is 2.50 bits per heavy atom. The van der Waals surface area contributed by atoms with E-state index in [2.05, 4.69) is 34.6 Å². The van der Waals surface area contributed by atoms with E-state index in [1.807, 2.05) is 30.5 Å². The largest absolute Gasteiger partial charge is 0.307 e. The van der Waals surface area contributed by atoms with Gasteiger partial charge in [-0.3, -0.25) is 4.98 Å². The summed E-state index contributed by atoms with van der Waals surface area (Å²) in [6.07, 6.45) is 2.75. The van der Waals surface area contributed by atoms with Gasteiger partial charge in [0.05, 0.1) is 5.69 Å². The topological polar surface area (TPSA) is 24.9 Å². The summed E-state index contributed by atoms with van der Waals surface area (Å²) in [4.78, 5) is 4.29. The van der Waals surface area contributed by atoms with Gasteiger partial charge < -0.3 is 5.32 Å². The number of rotatable bonds is 6. The first-order valence-corrected chi connectivity index (χ1v) is 6.65. The lowest BCUT2D eigenvalue weighted by Gasteiger charge is -2.15. The molecule has 0 aliphatic heterocycles. The SMILES string of the molecule is ClCC(Cc1ccccc1)NCc1ccccn1. The Kier molecular flexibility index (Phi) is 5.18. The highest BCUT2D eigenvalue weighted by molar-refractivity contribution is 6.18. The van der Waals surface area contributed by atoms with Crippen LogP contribution in [0.2, 0.25) is 0 Å².